The van der Waals surface area contributed by atoms with Crippen LogP contribution in [0.25, 0.3) is 10.9 Å². The molecule has 178 valence electrons. The van der Waals surface area contributed by atoms with E-state index in [4.69, 9.17) is 0 Å². The lowest BCUT2D eigenvalue weighted by molar-refractivity contribution is -0.137. The number of benzene rings is 2. The first-order chi connectivity index (χ1) is 16.5. The molecule has 0 spiro atoms. The minimum atomic E-state index is -0.353. The maximum Gasteiger partial charge on any atom is 0.328 e. The first-order valence-electron chi connectivity index (χ1n) is 12.3. The van der Waals surface area contributed by atoms with E-state index in [-0.39, 0.29) is 29.0 Å². The molecule has 1 aliphatic carbocycles. The first kappa shape index (κ1) is 22.4. The summed E-state index contributed by atoms with van der Waals surface area (Å²) >= 11 is 0. The highest BCUT2D eigenvalue weighted by atomic mass is 16.2. The Bertz CT molecular complexity index is 1290. The van der Waals surface area contributed by atoms with E-state index in [0.29, 0.717) is 17.4 Å². The SMILES string of the molecule is Cc1cccc(N2CCN(C(=O)C3CCC(Cn4c(=O)[nH]c5ccccc5c4=O)CC3)CC2)c1. The molecular formula is C27H32N4O3. The van der Waals surface area contributed by atoms with Crippen molar-refractivity contribution in [3.63, 3.8) is 0 Å². The van der Waals surface area contributed by atoms with Crippen LogP contribution in [-0.2, 0) is 11.3 Å². The molecule has 34 heavy (non-hydrogen) atoms. The number of amides is 1. The number of aromatic amines is 1. The molecule has 2 aromatic carbocycles. The van der Waals surface area contributed by atoms with E-state index in [1.807, 2.05) is 17.0 Å². The maximum absolute atomic E-state index is 13.2. The van der Waals surface area contributed by atoms with Crippen LogP contribution in [0.15, 0.2) is 58.1 Å². The minimum absolute atomic E-state index is 0.0494. The topological polar surface area (TPSA) is 78.4 Å². The van der Waals surface area contributed by atoms with Crippen LogP contribution in [0.5, 0.6) is 0 Å². The third-order valence-corrected chi connectivity index (χ3v) is 7.48. The third kappa shape index (κ3) is 4.52. The molecule has 5 rings (SSSR count). The zero-order valence-corrected chi connectivity index (χ0v) is 19.7. The number of rotatable bonds is 4. The molecule has 0 radical (unpaired) electrons. The summed E-state index contributed by atoms with van der Waals surface area (Å²) in [5, 5.41) is 0.538. The third-order valence-electron chi connectivity index (χ3n) is 7.48. The Kier molecular flexibility index (Phi) is 6.26. The van der Waals surface area contributed by atoms with E-state index in [9.17, 15) is 14.4 Å². The van der Waals surface area contributed by atoms with Crippen LogP contribution in [0.4, 0.5) is 5.69 Å². The van der Waals surface area contributed by atoms with Crippen molar-refractivity contribution in [2.45, 2.75) is 39.2 Å². The number of fused-ring (bicyclic) bond motifs is 1. The van der Waals surface area contributed by atoms with E-state index in [1.165, 1.54) is 15.8 Å². The van der Waals surface area contributed by atoms with Crippen LogP contribution in [0.3, 0.4) is 0 Å². The normalized spacial score (nSPS) is 21.1. The first-order valence-corrected chi connectivity index (χ1v) is 12.3. The average molecular weight is 461 g/mol. The molecule has 7 heteroatoms. The standard InChI is InChI=1S/C27H32N4O3/c1-19-5-4-6-22(17-19)29-13-15-30(16-14-29)25(32)21-11-9-20(10-12-21)18-31-26(33)23-7-2-3-8-24(23)28-27(31)34/h2-8,17,20-21H,9-16,18H2,1H3,(H,28,34). The molecule has 1 N–H and O–H groups in total. The van der Waals surface area contributed by atoms with Gasteiger partial charge in [-0.3, -0.25) is 14.2 Å². The van der Waals surface area contributed by atoms with Gasteiger partial charge in [-0.2, -0.15) is 0 Å². The predicted octanol–water partition coefficient (Wildman–Crippen LogP) is 3.15. The summed E-state index contributed by atoms with van der Waals surface area (Å²) in [6.45, 7) is 5.75. The van der Waals surface area contributed by atoms with Gasteiger partial charge < -0.3 is 14.8 Å². The fourth-order valence-electron chi connectivity index (χ4n) is 5.48. The Morgan fingerprint density at radius 1 is 0.941 bits per heavy atom. The van der Waals surface area contributed by atoms with Crippen molar-refractivity contribution in [2.24, 2.45) is 11.8 Å². The monoisotopic (exact) mass is 460 g/mol. The molecule has 0 atom stereocenters. The van der Waals surface area contributed by atoms with Gasteiger partial charge in [0.2, 0.25) is 5.91 Å². The second-order valence-electron chi connectivity index (χ2n) is 9.76. The summed E-state index contributed by atoms with van der Waals surface area (Å²) < 4.78 is 1.33. The number of aromatic nitrogens is 2. The van der Waals surface area contributed by atoms with Crippen LogP contribution in [0, 0.1) is 18.8 Å². The summed E-state index contributed by atoms with van der Waals surface area (Å²) in [7, 11) is 0. The van der Waals surface area contributed by atoms with Crippen LogP contribution in [0.2, 0.25) is 0 Å². The number of nitrogens with zero attached hydrogens (tertiary/aromatic N) is 3. The van der Waals surface area contributed by atoms with E-state index in [1.54, 1.807) is 12.1 Å². The number of carbonyl (C=O) groups excluding carboxylic acids is 1. The molecule has 1 saturated carbocycles. The Balaban J connectivity index is 1.16. The van der Waals surface area contributed by atoms with Crippen LogP contribution < -0.4 is 16.1 Å². The van der Waals surface area contributed by atoms with Gasteiger partial charge in [0, 0.05) is 44.3 Å². The van der Waals surface area contributed by atoms with E-state index >= 15 is 0 Å². The van der Waals surface area contributed by atoms with Gasteiger partial charge in [-0.15, -0.1) is 0 Å². The molecule has 1 saturated heterocycles. The fourth-order valence-corrected chi connectivity index (χ4v) is 5.48. The van der Waals surface area contributed by atoms with Gasteiger partial charge in [-0.25, -0.2) is 4.79 Å². The van der Waals surface area contributed by atoms with Crippen LogP contribution in [-0.4, -0.2) is 46.5 Å². The quantitative estimate of drug-likeness (QED) is 0.649. The average Bonchev–Trinajstić information content (AvgIpc) is 2.87. The van der Waals surface area contributed by atoms with Gasteiger partial charge in [0.25, 0.3) is 5.56 Å². The molecule has 0 unspecified atom stereocenters. The molecule has 1 aliphatic heterocycles. The summed E-state index contributed by atoms with van der Waals surface area (Å²) in [5.41, 5.74) is 2.47. The Labute approximate surface area is 199 Å². The van der Waals surface area contributed by atoms with Gasteiger partial charge >= 0.3 is 5.69 Å². The van der Waals surface area contributed by atoms with Crippen molar-refractivity contribution in [3.8, 4) is 0 Å². The summed E-state index contributed by atoms with van der Waals surface area (Å²) in [5.74, 6) is 0.554. The molecule has 0 bridgehead atoms. The van der Waals surface area contributed by atoms with Crippen molar-refractivity contribution >= 4 is 22.5 Å². The zero-order chi connectivity index (χ0) is 23.7. The highest BCUT2D eigenvalue weighted by Crippen LogP contribution is 2.31. The largest absolute Gasteiger partial charge is 0.368 e. The Morgan fingerprint density at radius 2 is 1.68 bits per heavy atom. The number of hydrogen-bond donors (Lipinski definition) is 1. The van der Waals surface area contributed by atoms with E-state index in [0.717, 1.165) is 51.9 Å². The zero-order valence-electron chi connectivity index (χ0n) is 19.7. The second kappa shape index (κ2) is 9.49. The van der Waals surface area contributed by atoms with Gasteiger partial charge in [-0.1, -0.05) is 24.3 Å². The molecular weight excluding hydrogens is 428 g/mol. The highest BCUT2D eigenvalue weighted by molar-refractivity contribution is 5.79. The number of aryl methyl sites for hydroxylation is 1. The Morgan fingerprint density at radius 3 is 2.41 bits per heavy atom. The predicted molar refractivity (Wildman–Crippen MR) is 134 cm³/mol. The van der Waals surface area contributed by atoms with Crippen molar-refractivity contribution in [1.82, 2.24) is 14.5 Å². The summed E-state index contributed by atoms with van der Waals surface area (Å²) in [6.07, 6.45) is 3.36. The van der Waals surface area contributed by atoms with Crippen molar-refractivity contribution in [3.05, 3.63) is 74.9 Å². The van der Waals surface area contributed by atoms with E-state index in [2.05, 4.69) is 41.1 Å². The molecule has 1 amide bonds. The summed E-state index contributed by atoms with van der Waals surface area (Å²) in [6, 6.07) is 15.6. The molecule has 3 aromatic rings. The van der Waals surface area contributed by atoms with Gasteiger partial charge in [0.15, 0.2) is 0 Å². The highest BCUT2D eigenvalue weighted by Gasteiger charge is 2.31. The van der Waals surface area contributed by atoms with Crippen molar-refractivity contribution in [2.75, 3.05) is 31.1 Å². The fraction of sp³-hybridized carbons (Fsp3) is 0.444. The van der Waals surface area contributed by atoms with Crippen LogP contribution >= 0.6 is 0 Å². The molecule has 1 aromatic heterocycles. The second-order valence-corrected chi connectivity index (χ2v) is 9.76. The van der Waals surface area contributed by atoms with Crippen molar-refractivity contribution in [1.29, 1.82) is 0 Å². The van der Waals surface area contributed by atoms with Gasteiger partial charge in [0.05, 0.1) is 10.9 Å². The Hall–Kier alpha value is -3.35. The van der Waals surface area contributed by atoms with Crippen molar-refractivity contribution < 1.29 is 4.79 Å². The van der Waals surface area contributed by atoms with E-state index < -0.39 is 0 Å². The molecule has 2 fully saturated rings. The lowest BCUT2D eigenvalue weighted by atomic mass is 9.81. The number of para-hydroxylation sites is 1. The summed E-state index contributed by atoms with van der Waals surface area (Å²) in [4.78, 5) is 45.7. The molecule has 2 aliphatic rings. The lowest BCUT2D eigenvalue weighted by Crippen LogP contribution is -2.50. The lowest BCUT2D eigenvalue weighted by Gasteiger charge is -2.39. The number of nitrogens with one attached hydrogen (secondary N) is 1. The number of H-pyrrole nitrogens is 1. The number of anilines is 1. The van der Waals surface area contributed by atoms with Crippen LogP contribution in [0.1, 0.15) is 31.2 Å². The number of piperazine rings is 1. The van der Waals surface area contributed by atoms with Gasteiger partial charge in [-0.05, 0) is 68.4 Å². The number of hydrogen-bond acceptors (Lipinski definition) is 4. The van der Waals surface area contributed by atoms with Gasteiger partial charge in [0.1, 0.15) is 0 Å². The molecule has 2 heterocycles. The maximum atomic E-state index is 13.2. The molecule has 7 nitrogen and oxygen atoms in total. The smallest absolute Gasteiger partial charge is 0.328 e. The minimum Gasteiger partial charge on any atom is -0.368 e. The number of carbonyl (C=O) groups is 1.